The van der Waals surface area contributed by atoms with Gasteiger partial charge in [-0.05, 0) is 26.0 Å². The summed E-state index contributed by atoms with van der Waals surface area (Å²) in [7, 11) is 0. The highest BCUT2D eigenvalue weighted by atomic mass is 35.5. The Morgan fingerprint density at radius 2 is 2.33 bits per heavy atom. The average molecular weight is 250 g/mol. The monoisotopic (exact) mass is 249 g/mol. The fourth-order valence-electron chi connectivity index (χ4n) is 1.36. The van der Waals surface area contributed by atoms with Crippen molar-refractivity contribution in [2.24, 2.45) is 0 Å². The van der Waals surface area contributed by atoms with Crippen molar-refractivity contribution < 1.29 is 5.11 Å². The van der Waals surface area contributed by atoms with Gasteiger partial charge in [0.1, 0.15) is 4.33 Å². The molecule has 0 aromatic rings. The number of halogens is 2. The molecule has 0 saturated carbocycles. The highest BCUT2D eigenvalue weighted by Gasteiger charge is 2.21. The second kappa shape index (κ2) is 5.90. The van der Waals surface area contributed by atoms with Crippen LogP contribution in [0.4, 0.5) is 0 Å². The summed E-state index contributed by atoms with van der Waals surface area (Å²) in [5, 5.41) is 12.2. The Kier molecular flexibility index (Phi) is 5.13. The Morgan fingerprint density at radius 1 is 1.60 bits per heavy atom. The first kappa shape index (κ1) is 13.0. The Morgan fingerprint density at radius 3 is 2.87 bits per heavy atom. The Hall–Kier alpha value is -0.0200. The maximum Gasteiger partial charge on any atom is 0.140 e. The lowest BCUT2D eigenvalue weighted by molar-refractivity contribution is 0.191. The Labute approximate surface area is 101 Å². The summed E-state index contributed by atoms with van der Waals surface area (Å²) in [5.41, 5.74) is 1.24. The van der Waals surface area contributed by atoms with Crippen molar-refractivity contribution >= 4 is 23.2 Å². The van der Waals surface area contributed by atoms with Gasteiger partial charge in [0, 0.05) is 13.0 Å². The van der Waals surface area contributed by atoms with Gasteiger partial charge in [0.15, 0.2) is 0 Å². The number of nitrogens with one attached hydrogen (secondary N) is 1. The van der Waals surface area contributed by atoms with E-state index in [0.29, 0.717) is 13.0 Å². The highest BCUT2D eigenvalue weighted by molar-refractivity contribution is 6.50. The molecule has 0 amide bonds. The van der Waals surface area contributed by atoms with Crippen LogP contribution in [0.3, 0.4) is 0 Å². The first-order chi connectivity index (χ1) is 6.99. The lowest BCUT2D eigenvalue weighted by atomic mass is 10.0. The number of aliphatic hydroxyl groups excluding tert-OH is 1. The van der Waals surface area contributed by atoms with Crippen LogP contribution < -0.4 is 5.32 Å². The van der Waals surface area contributed by atoms with E-state index in [2.05, 4.69) is 11.4 Å². The van der Waals surface area contributed by atoms with Gasteiger partial charge in [0.25, 0.3) is 0 Å². The van der Waals surface area contributed by atoms with E-state index in [9.17, 15) is 0 Å². The van der Waals surface area contributed by atoms with Crippen LogP contribution in [0.25, 0.3) is 0 Å². The minimum atomic E-state index is -0.726. The minimum absolute atomic E-state index is 0.292. The third kappa shape index (κ3) is 5.57. The van der Waals surface area contributed by atoms with E-state index < -0.39 is 4.33 Å². The molecule has 0 fully saturated rings. The molecule has 2 nitrogen and oxygen atoms in total. The van der Waals surface area contributed by atoms with Gasteiger partial charge in [-0.15, -0.1) is 0 Å². The fourth-order valence-corrected chi connectivity index (χ4v) is 1.64. The van der Waals surface area contributed by atoms with Crippen molar-refractivity contribution in [2.45, 2.75) is 30.2 Å². The Balaban J connectivity index is 2.19. The molecule has 2 N–H and O–H groups in total. The summed E-state index contributed by atoms with van der Waals surface area (Å²) >= 11 is 11.9. The van der Waals surface area contributed by atoms with Gasteiger partial charge in [-0.1, -0.05) is 40.9 Å². The molecule has 0 aliphatic heterocycles. The van der Waals surface area contributed by atoms with Gasteiger partial charge in [-0.2, -0.15) is 0 Å². The first-order valence-corrected chi connectivity index (χ1v) is 5.90. The van der Waals surface area contributed by atoms with E-state index in [-0.39, 0.29) is 6.10 Å². The summed E-state index contributed by atoms with van der Waals surface area (Å²) < 4.78 is -0.726. The highest BCUT2D eigenvalue weighted by Crippen LogP contribution is 2.32. The molecule has 0 saturated heterocycles. The van der Waals surface area contributed by atoms with Crippen molar-refractivity contribution in [3.8, 4) is 0 Å². The van der Waals surface area contributed by atoms with E-state index in [1.54, 1.807) is 6.92 Å². The van der Waals surface area contributed by atoms with Gasteiger partial charge in [0.05, 0.1) is 6.10 Å². The van der Waals surface area contributed by atoms with Crippen LogP contribution in [-0.4, -0.2) is 28.6 Å². The molecule has 0 spiro atoms. The van der Waals surface area contributed by atoms with E-state index in [0.717, 1.165) is 13.0 Å². The molecular formula is C11H17Cl2NO. The molecule has 0 bridgehead atoms. The second-order valence-electron chi connectivity index (χ2n) is 3.88. The molecule has 1 atom stereocenters. The maximum atomic E-state index is 9.03. The van der Waals surface area contributed by atoms with Crippen molar-refractivity contribution in [3.63, 3.8) is 0 Å². The number of alkyl halides is 2. The van der Waals surface area contributed by atoms with E-state index in [1.807, 2.05) is 12.2 Å². The molecule has 86 valence electrons. The molecule has 0 radical (unpaired) electrons. The van der Waals surface area contributed by atoms with Crippen molar-refractivity contribution in [1.82, 2.24) is 5.32 Å². The molecule has 0 aromatic carbocycles. The van der Waals surface area contributed by atoms with Crippen LogP contribution in [0.15, 0.2) is 23.8 Å². The molecule has 0 aromatic heterocycles. The summed E-state index contributed by atoms with van der Waals surface area (Å²) in [5.74, 6) is 0. The standard InChI is InChI=1S/C11H17Cl2NO/c1-9(15)8-14-7-4-10-2-5-11(12,13)6-3-10/h2-3,5,9,14-15H,4,6-8H2,1H3. The third-order valence-electron chi connectivity index (χ3n) is 2.21. The minimum Gasteiger partial charge on any atom is -0.392 e. The predicted octanol–water partition coefficient (Wildman–Crippen LogP) is 2.41. The second-order valence-corrected chi connectivity index (χ2v) is 5.42. The van der Waals surface area contributed by atoms with E-state index >= 15 is 0 Å². The van der Waals surface area contributed by atoms with Gasteiger partial charge in [-0.25, -0.2) is 0 Å². The molecule has 1 aliphatic carbocycles. The zero-order valence-corrected chi connectivity index (χ0v) is 10.4. The van der Waals surface area contributed by atoms with Crippen LogP contribution in [0.2, 0.25) is 0 Å². The van der Waals surface area contributed by atoms with Crippen LogP contribution in [0, 0.1) is 0 Å². The summed E-state index contributed by atoms with van der Waals surface area (Å²) in [4.78, 5) is 0. The van der Waals surface area contributed by atoms with Crippen molar-refractivity contribution in [2.75, 3.05) is 13.1 Å². The number of hydrogen-bond donors (Lipinski definition) is 2. The summed E-state index contributed by atoms with van der Waals surface area (Å²) in [6, 6.07) is 0. The van der Waals surface area contributed by atoms with Crippen LogP contribution in [0.1, 0.15) is 19.8 Å². The van der Waals surface area contributed by atoms with E-state index in [1.165, 1.54) is 5.57 Å². The lowest BCUT2D eigenvalue weighted by Crippen LogP contribution is -2.25. The fraction of sp³-hybridized carbons (Fsp3) is 0.636. The van der Waals surface area contributed by atoms with Gasteiger partial charge in [0.2, 0.25) is 0 Å². The quantitative estimate of drug-likeness (QED) is 0.580. The zero-order valence-electron chi connectivity index (χ0n) is 8.84. The largest absolute Gasteiger partial charge is 0.392 e. The van der Waals surface area contributed by atoms with E-state index in [4.69, 9.17) is 28.3 Å². The number of aliphatic hydroxyl groups is 1. The average Bonchev–Trinajstić information content (AvgIpc) is 2.14. The number of hydrogen-bond acceptors (Lipinski definition) is 2. The first-order valence-electron chi connectivity index (χ1n) is 5.14. The summed E-state index contributed by atoms with van der Waals surface area (Å²) in [6.45, 7) is 3.26. The van der Waals surface area contributed by atoms with Gasteiger partial charge in [-0.3, -0.25) is 0 Å². The third-order valence-corrected chi connectivity index (χ3v) is 2.77. The number of allylic oxidation sites excluding steroid dienone is 3. The molecular weight excluding hydrogens is 233 g/mol. The van der Waals surface area contributed by atoms with Gasteiger partial charge >= 0.3 is 0 Å². The van der Waals surface area contributed by atoms with Crippen LogP contribution in [0.5, 0.6) is 0 Å². The predicted molar refractivity (Wildman–Crippen MR) is 65.4 cm³/mol. The molecule has 15 heavy (non-hydrogen) atoms. The van der Waals surface area contributed by atoms with Crippen molar-refractivity contribution in [1.29, 1.82) is 0 Å². The molecule has 1 rings (SSSR count). The van der Waals surface area contributed by atoms with Crippen LogP contribution >= 0.6 is 23.2 Å². The molecule has 1 unspecified atom stereocenters. The zero-order chi connectivity index (χ0) is 11.3. The SMILES string of the molecule is CC(O)CNCCC1=CCC(Cl)(Cl)C=C1. The Bertz CT molecular complexity index is 259. The van der Waals surface area contributed by atoms with Gasteiger partial charge < -0.3 is 10.4 Å². The lowest BCUT2D eigenvalue weighted by Gasteiger charge is -2.18. The molecule has 1 aliphatic rings. The number of rotatable bonds is 5. The maximum absolute atomic E-state index is 9.03. The topological polar surface area (TPSA) is 32.3 Å². The van der Waals surface area contributed by atoms with Crippen LogP contribution in [-0.2, 0) is 0 Å². The van der Waals surface area contributed by atoms with Crippen molar-refractivity contribution in [3.05, 3.63) is 23.8 Å². The smallest absolute Gasteiger partial charge is 0.140 e. The molecule has 4 heteroatoms. The molecule has 0 heterocycles. The normalized spacial score (nSPS) is 21.2. The summed E-state index contributed by atoms with van der Waals surface area (Å²) in [6.07, 6.45) is 7.16.